The second kappa shape index (κ2) is 13.1. The molecule has 0 radical (unpaired) electrons. The number of ether oxygens (including phenoxy) is 1. The number of aromatic amines is 1. The molecule has 1 heterocycles. The normalized spacial score (nSPS) is 39.4. The van der Waals surface area contributed by atoms with Crippen molar-refractivity contribution in [2.24, 2.45) is 57.0 Å². The molecule has 0 saturated heterocycles. The number of rotatable bonds is 8. The highest BCUT2D eigenvalue weighted by Crippen LogP contribution is 2.71. The van der Waals surface area contributed by atoms with Crippen LogP contribution in [-0.2, 0) is 24.7 Å². The molecule has 0 aliphatic heterocycles. The van der Waals surface area contributed by atoms with Gasteiger partial charge in [-0.25, -0.2) is 4.98 Å². The highest BCUT2D eigenvalue weighted by Gasteiger charge is 2.66. The van der Waals surface area contributed by atoms with Crippen LogP contribution in [0.3, 0.4) is 0 Å². The number of nitrogens with two attached hydrogens (primary N) is 1. The van der Waals surface area contributed by atoms with E-state index in [2.05, 4.69) is 48.4 Å². The molecule has 1 amide bonds. The Labute approximate surface area is 310 Å². The number of aldehydes is 1. The molecule has 6 fully saturated rings. The van der Waals surface area contributed by atoms with E-state index in [1.165, 1.54) is 19.3 Å². The Kier molecular flexibility index (Phi) is 9.06. The van der Waals surface area contributed by atoms with Gasteiger partial charge in [-0.1, -0.05) is 77.3 Å². The molecular formula is C44H62N4O4. The van der Waals surface area contributed by atoms with Gasteiger partial charge in [-0.2, -0.15) is 0 Å². The van der Waals surface area contributed by atoms with E-state index in [1.807, 2.05) is 12.3 Å². The van der Waals surface area contributed by atoms with E-state index in [9.17, 15) is 14.4 Å². The summed E-state index contributed by atoms with van der Waals surface area (Å²) in [5.74, 6) is 3.46. The van der Waals surface area contributed by atoms with Gasteiger partial charge in [0.15, 0.2) is 0 Å². The fraction of sp³-hybridized carbons (Fsp3) is 0.727. The molecule has 52 heavy (non-hydrogen) atoms. The standard InChI is InChI=1S/C44H62N4O4/c1-40(2,27-49)25-36(50)52-34-18-23-42(4)32(37(34)45)16-22-41(3)30-17-24-43(19-10-13-31(43)29(30)14-15-35(41)42)39(51)48-44(20-8-9-21-44)38-46-26-33(47-38)28-11-6-5-7-12-28/h5-7,11-12,26-27,29-32,34-35,37H,8-10,13-25,45H2,1-4H3,(H,46,47)(H,48,51). The van der Waals surface area contributed by atoms with E-state index < -0.39 is 11.0 Å². The van der Waals surface area contributed by atoms with Gasteiger partial charge >= 0.3 is 5.97 Å². The SMILES string of the molecule is CC(C)(C=O)CC(=O)OC1CCC2(C)C(CCC3(C)C4CCC5(C(=O)NC6(c7ncc(-c8ccccc8)[nH]7)CCCC6)CCCC5C4CCC23)C1N. The minimum atomic E-state index is -0.725. The first-order valence-electron chi connectivity index (χ1n) is 20.7. The van der Waals surface area contributed by atoms with E-state index in [-0.39, 0.29) is 40.8 Å². The maximum atomic E-state index is 14.9. The lowest BCUT2D eigenvalue weighted by Crippen LogP contribution is -2.65. The van der Waals surface area contributed by atoms with Crippen LogP contribution in [0, 0.1) is 51.2 Å². The average molecular weight is 711 g/mol. The number of benzene rings is 1. The van der Waals surface area contributed by atoms with Crippen LogP contribution in [0.1, 0.15) is 136 Å². The maximum absolute atomic E-state index is 14.9. The Balaban J connectivity index is 0.985. The third kappa shape index (κ3) is 5.71. The zero-order valence-electron chi connectivity index (χ0n) is 32.1. The van der Waals surface area contributed by atoms with Crippen LogP contribution in [0.15, 0.2) is 36.5 Å². The summed E-state index contributed by atoms with van der Waals surface area (Å²) in [6.45, 7) is 8.66. The zero-order valence-corrected chi connectivity index (χ0v) is 32.1. The number of fused-ring (bicyclic) bond motifs is 7. The third-order valence-electron chi connectivity index (χ3n) is 16.3. The lowest BCUT2D eigenvalue weighted by Gasteiger charge is -2.67. The number of imidazole rings is 1. The number of hydrogen-bond acceptors (Lipinski definition) is 6. The largest absolute Gasteiger partial charge is 0.461 e. The van der Waals surface area contributed by atoms with Gasteiger partial charge in [0.05, 0.1) is 29.3 Å². The van der Waals surface area contributed by atoms with Crippen LogP contribution >= 0.6 is 0 Å². The fourth-order valence-corrected chi connectivity index (χ4v) is 13.7. The molecule has 2 aromatic rings. The van der Waals surface area contributed by atoms with E-state index in [1.54, 1.807) is 13.8 Å². The van der Waals surface area contributed by atoms with E-state index >= 15 is 0 Å². The summed E-state index contributed by atoms with van der Waals surface area (Å²) in [6.07, 6.45) is 18.5. The number of esters is 1. The van der Waals surface area contributed by atoms with Crippen molar-refractivity contribution >= 4 is 18.2 Å². The summed E-state index contributed by atoms with van der Waals surface area (Å²) in [5.41, 5.74) is 8.08. The Bertz CT molecular complexity index is 1660. The van der Waals surface area contributed by atoms with Gasteiger partial charge in [0.25, 0.3) is 0 Å². The Morgan fingerprint density at radius 1 is 0.904 bits per heavy atom. The summed E-state index contributed by atoms with van der Waals surface area (Å²) >= 11 is 0. The molecule has 282 valence electrons. The van der Waals surface area contributed by atoms with Crippen molar-refractivity contribution in [1.82, 2.24) is 15.3 Å². The summed E-state index contributed by atoms with van der Waals surface area (Å²) in [5, 5.41) is 3.75. The lowest BCUT2D eigenvalue weighted by molar-refractivity contribution is -0.194. The molecule has 10 unspecified atom stereocenters. The van der Waals surface area contributed by atoms with Crippen molar-refractivity contribution in [1.29, 1.82) is 0 Å². The summed E-state index contributed by atoms with van der Waals surface area (Å²) in [6, 6.07) is 10.2. The van der Waals surface area contributed by atoms with Crippen LogP contribution in [0.25, 0.3) is 11.3 Å². The van der Waals surface area contributed by atoms with Crippen LogP contribution in [0.5, 0.6) is 0 Å². The molecule has 8 heteroatoms. The highest BCUT2D eigenvalue weighted by molar-refractivity contribution is 5.84. The zero-order chi connectivity index (χ0) is 36.5. The van der Waals surface area contributed by atoms with Gasteiger partial charge in [-0.05, 0) is 123 Å². The predicted octanol–water partition coefficient (Wildman–Crippen LogP) is 8.26. The third-order valence-corrected chi connectivity index (χ3v) is 16.3. The van der Waals surface area contributed by atoms with Crippen LogP contribution in [0.2, 0.25) is 0 Å². The minimum Gasteiger partial charge on any atom is -0.461 e. The number of hydrogen-bond donors (Lipinski definition) is 3. The predicted molar refractivity (Wildman–Crippen MR) is 202 cm³/mol. The number of H-pyrrole nitrogens is 1. The first-order valence-corrected chi connectivity index (χ1v) is 20.7. The van der Waals surface area contributed by atoms with E-state index in [0.717, 1.165) is 100 Å². The van der Waals surface area contributed by atoms with Crippen molar-refractivity contribution in [2.75, 3.05) is 0 Å². The number of amides is 1. The molecule has 6 saturated carbocycles. The van der Waals surface area contributed by atoms with Gasteiger partial charge in [0.2, 0.25) is 5.91 Å². The van der Waals surface area contributed by atoms with E-state index in [0.29, 0.717) is 35.5 Å². The smallest absolute Gasteiger partial charge is 0.307 e. The molecule has 0 spiro atoms. The number of carbonyl (C=O) groups excluding carboxylic acids is 3. The summed E-state index contributed by atoms with van der Waals surface area (Å²) < 4.78 is 6.00. The van der Waals surface area contributed by atoms with Gasteiger partial charge in [0, 0.05) is 11.5 Å². The monoisotopic (exact) mass is 710 g/mol. The van der Waals surface area contributed by atoms with Gasteiger partial charge in [-0.3, -0.25) is 9.59 Å². The Morgan fingerprint density at radius 2 is 1.62 bits per heavy atom. The molecule has 10 atom stereocenters. The average Bonchev–Trinajstić information content (AvgIpc) is 3.91. The minimum absolute atomic E-state index is 0.0884. The van der Waals surface area contributed by atoms with Crippen molar-refractivity contribution in [3.05, 3.63) is 42.4 Å². The second-order valence-corrected chi connectivity index (χ2v) is 19.4. The van der Waals surface area contributed by atoms with E-state index in [4.69, 9.17) is 15.5 Å². The molecule has 6 aliphatic rings. The fourth-order valence-electron chi connectivity index (χ4n) is 13.7. The van der Waals surface area contributed by atoms with Crippen LogP contribution < -0.4 is 11.1 Å². The van der Waals surface area contributed by atoms with Crippen molar-refractivity contribution in [3.63, 3.8) is 0 Å². The molecule has 4 N–H and O–H groups in total. The van der Waals surface area contributed by atoms with Crippen molar-refractivity contribution < 1.29 is 19.1 Å². The Hall–Kier alpha value is -3.00. The molecule has 8 nitrogen and oxygen atoms in total. The Morgan fingerprint density at radius 3 is 2.37 bits per heavy atom. The van der Waals surface area contributed by atoms with Crippen molar-refractivity contribution in [2.45, 2.75) is 148 Å². The quantitative estimate of drug-likeness (QED) is 0.187. The number of nitrogens with one attached hydrogen (secondary N) is 2. The maximum Gasteiger partial charge on any atom is 0.307 e. The van der Waals surface area contributed by atoms with Crippen molar-refractivity contribution in [3.8, 4) is 11.3 Å². The first-order chi connectivity index (χ1) is 24.8. The summed E-state index contributed by atoms with van der Waals surface area (Å²) in [7, 11) is 0. The molecule has 1 aromatic carbocycles. The lowest BCUT2D eigenvalue weighted by atomic mass is 9.38. The summed E-state index contributed by atoms with van der Waals surface area (Å²) in [4.78, 5) is 47.7. The molecule has 8 rings (SSSR count). The molecule has 6 aliphatic carbocycles. The molecular weight excluding hydrogens is 649 g/mol. The number of nitrogens with zero attached hydrogens (tertiary/aromatic N) is 1. The van der Waals surface area contributed by atoms with Gasteiger partial charge < -0.3 is 25.6 Å². The van der Waals surface area contributed by atoms with Crippen LogP contribution in [-0.4, -0.2) is 40.3 Å². The topological polar surface area (TPSA) is 127 Å². The van der Waals surface area contributed by atoms with Gasteiger partial charge in [-0.15, -0.1) is 0 Å². The highest BCUT2D eigenvalue weighted by atomic mass is 16.5. The van der Waals surface area contributed by atoms with Gasteiger partial charge in [0.1, 0.15) is 18.2 Å². The number of carbonyl (C=O) groups is 3. The first kappa shape index (κ1) is 36.0. The number of aromatic nitrogens is 2. The second-order valence-electron chi connectivity index (χ2n) is 19.4. The molecule has 1 aromatic heterocycles. The molecule has 0 bridgehead atoms. The van der Waals surface area contributed by atoms with Crippen LogP contribution in [0.4, 0.5) is 0 Å².